The SMILES string of the molecule is CCCCCCCCNc1ccc(C(=O)N(C)C)cc1N. The third-order valence-electron chi connectivity index (χ3n) is 3.55. The van der Waals surface area contributed by atoms with Gasteiger partial charge >= 0.3 is 0 Å². The summed E-state index contributed by atoms with van der Waals surface area (Å²) in [5, 5.41) is 3.35. The summed E-state index contributed by atoms with van der Waals surface area (Å²) in [6.45, 7) is 3.16. The van der Waals surface area contributed by atoms with Crippen molar-refractivity contribution in [3.05, 3.63) is 23.8 Å². The normalized spacial score (nSPS) is 10.4. The van der Waals surface area contributed by atoms with Crippen LogP contribution in [0.3, 0.4) is 0 Å². The topological polar surface area (TPSA) is 58.4 Å². The van der Waals surface area contributed by atoms with Gasteiger partial charge in [0.25, 0.3) is 5.91 Å². The maximum Gasteiger partial charge on any atom is 0.253 e. The summed E-state index contributed by atoms with van der Waals surface area (Å²) in [5.41, 5.74) is 8.18. The molecule has 0 fully saturated rings. The van der Waals surface area contributed by atoms with E-state index in [4.69, 9.17) is 5.73 Å². The average Bonchev–Trinajstić information content (AvgIpc) is 2.46. The third kappa shape index (κ3) is 6.06. The van der Waals surface area contributed by atoms with E-state index in [2.05, 4.69) is 12.2 Å². The van der Waals surface area contributed by atoms with E-state index in [1.807, 2.05) is 12.1 Å². The number of nitrogens with one attached hydrogen (secondary N) is 1. The molecule has 4 nitrogen and oxygen atoms in total. The van der Waals surface area contributed by atoms with E-state index in [1.54, 1.807) is 25.1 Å². The maximum absolute atomic E-state index is 11.8. The highest BCUT2D eigenvalue weighted by atomic mass is 16.2. The summed E-state index contributed by atoms with van der Waals surface area (Å²) in [7, 11) is 3.48. The Labute approximate surface area is 128 Å². The van der Waals surface area contributed by atoms with Crippen molar-refractivity contribution < 1.29 is 4.79 Å². The molecule has 0 spiro atoms. The van der Waals surface area contributed by atoms with Crippen molar-refractivity contribution in [2.45, 2.75) is 45.4 Å². The van der Waals surface area contributed by atoms with Gasteiger partial charge in [0.1, 0.15) is 0 Å². The minimum absolute atomic E-state index is 0.0239. The predicted molar refractivity (Wildman–Crippen MR) is 90.7 cm³/mol. The largest absolute Gasteiger partial charge is 0.397 e. The van der Waals surface area contributed by atoms with Gasteiger partial charge in [0.15, 0.2) is 0 Å². The molecule has 0 aromatic heterocycles. The molecule has 0 unspecified atom stereocenters. The number of amides is 1. The van der Waals surface area contributed by atoms with Gasteiger partial charge in [0.05, 0.1) is 11.4 Å². The van der Waals surface area contributed by atoms with E-state index >= 15 is 0 Å². The van der Waals surface area contributed by atoms with Crippen molar-refractivity contribution in [3.8, 4) is 0 Å². The van der Waals surface area contributed by atoms with Gasteiger partial charge in [-0.05, 0) is 24.6 Å². The standard InChI is InChI=1S/C17H29N3O/c1-4-5-6-7-8-9-12-19-16-11-10-14(13-15(16)18)17(21)20(2)3/h10-11,13,19H,4-9,12,18H2,1-3H3. The Kier molecular flexibility index (Phi) is 7.65. The second kappa shape index (κ2) is 9.27. The smallest absolute Gasteiger partial charge is 0.253 e. The van der Waals surface area contributed by atoms with E-state index < -0.39 is 0 Å². The van der Waals surface area contributed by atoms with E-state index in [1.165, 1.54) is 32.1 Å². The second-order valence-corrected chi connectivity index (χ2v) is 5.70. The highest BCUT2D eigenvalue weighted by molar-refractivity contribution is 5.95. The Morgan fingerprint density at radius 1 is 1.14 bits per heavy atom. The van der Waals surface area contributed by atoms with Crippen LogP contribution in [-0.4, -0.2) is 31.4 Å². The number of nitrogens with zero attached hydrogens (tertiary/aromatic N) is 1. The summed E-state index contributed by atoms with van der Waals surface area (Å²) in [6.07, 6.45) is 7.67. The Hall–Kier alpha value is -1.71. The number of benzene rings is 1. The van der Waals surface area contributed by atoms with E-state index in [-0.39, 0.29) is 5.91 Å². The zero-order valence-corrected chi connectivity index (χ0v) is 13.6. The second-order valence-electron chi connectivity index (χ2n) is 5.70. The maximum atomic E-state index is 11.8. The molecule has 0 saturated carbocycles. The van der Waals surface area contributed by atoms with Crippen molar-refractivity contribution in [1.82, 2.24) is 4.90 Å². The molecule has 1 aromatic carbocycles. The van der Waals surface area contributed by atoms with Crippen molar-refractivity contribution in [1.29, 1.82) is 0 Å². The molecule has 0 aliphatic heterocycles. The molecule has 1 amide bonds. The molecule has 0 saturated heterocycles. The van der Waals surface area contributed by atoms with Crippen LogP contribution in [0, 0.1) is 0 Å². The fourth-order valence-electron chi connectivity index (χ4n) is 2.24. The molecule has 21 heavy (non-hydrogen) atoms. The number of hydrogen-bond acceptors (Lipinski definition) is 3. The molecule has 4 heteroatoms. The highest BCUT2D eigenvalue weighted by Crippen LogP contribution is 2.20. The number of hydrogen-bond donors (Lipinski definition) is 2. The van der Waals surface area contributed by atoms with Crippen LogP contribution in [0.25, 0.3) is 0 Å². The first-order valence-corrected chi connectivity index (χ1v) is 7.91. The Balaban J connectivity index is 2.38. The molecule has 1 aromatic rings. The van der Waals surface area contributed by atoms with E-state index in [9.17, 15) is 4.79 Å². The fraction of sp³-hybridized carbons (Fsp3) is 0.588. The number of nitrogen functional groups attached to an aromatic ring is 1. The number of unbranched alkanes of at least 4 members (excludes halogenated alkanes) is 5. The van der Waals surface area contributed by atoms with E-state index in [0.717, 1.165) is 18.7 Å². The van der Waals surface area contributed by atoms with Crippen molar-refractivity contribution in [2.24, 2.45) is 0 Å². The van der Waals surface area contributed by atoms with Crippen LogP contribution in [0.1, 0.15) is 55.8 Å². The van der Waals surface area contributed by atoms with Gasteiger partial charge in [-0.1, -0.05) is 39.0 Å². The van der Waals surface area contributed by atoms with E-state index in [0.29, 0.717) is 11.3 Å². The first kappa shape index (κ1) is 17.3. The molecular formula is C17H29N3O. The Bertz CT molecular complexity index is 444. The summed E-state index contributed by atoms with van der Waals surface area (Å²) < 4.78 is 0. The number of carbonyl (C=O) groups is 1. The summed E-state index contributed by atoms with van der Waals surface area (Å²) >= 11 is 0. The Morgan fingerprint density at radius 2 is 1.81 bits per heavy atom. The monoisotopic (exact) mass is 291 g/mol. The van der Waals surface area contributed by atoms with Gasteiger partial charge < -0.3 is 16.0 Å². The molecule has 1 rings (SSSR count). The quantitative estimate of drug-likeness (QED) is 0.538. The summed E-state index contributed by atoms with van der Waals surface area (Å²) in [4.78, 5) is 13.4. The number of rotatable bonds is 9. The van der Waals surface area contributed by atoms with Gasteiger partial charge in [-0.2, -0.15) is 0 Å². The van der Waals surface area contributed by atoms with Crippen molar-refractivity contribution >= 4 is 17.3 Å². The summed E-state index contributed by atoms with van der Waals surface area (Å²) in [6, 6.07) is 5.46. The summed E-state index contributed by atoms with van der Waals surface area (Å²) in [5.74, 6) is -0.0239. The predicted octanol–water partition coefficient (Wildman–Crippen LogP) is 3.74. The van der Waals surface area contributed by atoms with Crippen LogP contribution in [-0.2, 0) is 0 Å². The number of carbonyl (C=O) groups excluding carboxylic acids is 1. The first-order chi connectivity index (χ1) is 10.1. The van der Waals surface area contributed by atoms with Crippen LogP contribution in [0.2, 0.25) is 0 Å². The molecule has 0 atom stereocenters. The average molecular weight is 291 g/mol. The lowest BCUT2D eigenvalue weighted by Gasteiger charge is -2.13. The van der Waals surface area contributed by atoms with Crippen molar-refractivity contribution in [3.63, 3.8) is 0 Å². The first-order valence-electron chi connectivity index (χ1n) is 7.91. The van der Waals surface area contributed by atoms with Crippen LogP contribution in [0.5, 0.6) is 0 Å². The third-order valence-corrected chi connectivity index (χ3v) is 3.55. The van der Waals surface area contributed by atoms with Gasteiger partial charge in [0.2, 0.25) is 0 Å². The van der Waals surface area contributed by atoms with Crippen LogP contribution in [0.15, 0.2) is 18.2 Å². The number of anilines is 2. The van der Waals surface area contributed by atoms with Crippen LogP contribution < -0.4 is 11.1 Å². The zero-order valence-electron chi connectivity index (χ0n) is 13.6. The Morgan fingerprint density at radius 3 is 2.43 bits per heavy atom. The van der Waals surface area contributed by atoms with Crippen LogP contribution in [0.4, 0.5) is 11.4 Å². The molecular weight excluding hydrogens is 262 g/mol. The lowest BCUT2D eigenvalue weighted by Crippen LogP contribution is -2.21. The van der Waals surface area contributed by atoms with Crippen LogP contribution >= 0.6 is 0 Å². The minimum Gasteiger partial charge on any atom is -0.397 e. The fourth-order valence-corrected chi connectivity index (χ4v) is 2.24. The van der Waals surface area contributed by atoms with Crippen molar-refractivity contribution in [2.75, 3.05) is 31.7 Å². The zero-order chi connectivity index (χ0) is 15.7. The lowest BCUT2D eigenvalue weighted by atomic mass is 10.1. The van der Waals surface area contributed by atoms with Gasteiger partial charge in [0, 0.05) is 26.2 Å². The highest BCUT2D eigenvalue weighted by Gasteiger charge is 2.09. The molecule has 0 radical (unpaired) electrons. The minimum atomic E-state index is -0.0239. The molecule has 0 bridgehead atoms. The molecule has 118 valence electrons. The molecule has 0 heterocycles. The van der Waals surface area contributed by atoms with Gasteiger partial charge in [-0.25, -0.2) is 0 Å². The molecule has 3 N–H and O–H groups in total. The van der Waals surface area contributed by atoms with Gasteiger partial charge in [-0.15, -0.1) is 0 Å². The molecule has 0 aliphatic rings. The van der Waals surface area contributed by atoms with Gasteiger partial charge in [-0.3, -0.25) is 4.79 Å². The molecule has 0 aliphatic carbocycles. The lowest BCUT2D eigenvalue weighted by molar-refractivity contribution is 0.0827. The number of nitrogens with two attached hydrogens (primary N) is 1.